The van der Waals surface area contributed by atoms with Crippen molar-refractivity contribution in [3.8, 4) is 11.5 Å². The summed E-state index contributed by atoms with van der Waals surface area (Å²) in [4.78, 5) is 43.2. The van der Waals surface area contributed by atoms with E-state index in [4.69, 9.17) is 16.3 Å². The molecule has 292 valence electrons. The summed E-state index contributed by atoms with van der Waals surface area (Å²) in [5.41, 5.74) is 5.78. The predicted molar refractivity (Wildman–Crippen MR) is 217 cm³/mol. The molecular formula is C41H39ClN8O6S. The second kappa shape index (κ2) is 14.6. The van der Waals surface area contributed by atoms with E-state index >= 15 is 0 Å². The summed E-state index contributed by atoms with van der Waals surface area (Å²) >= 11 is 6.26. The fraction of sp³-hybridized carbons (Fsp3) is 0.293. The summed E-state index contributed by atoms with van der Waals surface area (Å²) < 4.78 is 35.4. The molecule has 1 aliphatic heterocycles. The quantitative estimate of drug-likeness (QED) is 0.0912. The van der Waals surface area contributed by atoms with E-state index in [1.165, 1.54) is 67.0 Å². The number of nitro groups is 1. The number of rotatable bonds is 10. The number of aromatic amines is 2. The number of imidazole rings is 1. The van der Waals surface area contributed by atoms with Gasteiger partial charge in [-0.1, -0.05) is 35.7 Å². The van der Waals surface area contributed by atoms with Crippen molar-refractivity contribution in [2.75, 3.05) is 37.6 Å². The Morgan fingerprint density at radius 2 is 1.79 bits per heavy atom. The Morgan fingerprint density at radius 3 is 2.54 bits per heavy atom. The number of halogens is 1. The lowest BCUT2D eigenvalue weighted by molar-refractivity contribution is -0.383. The molecule has 0 atom stereocenters. The van der Waals surface area contributed by atoms with Crippen molar-refractivity contribution in [3.05, 3.63) is 117 Å². The van der Waals surface area contributed by atoms with Crippen LogP contribution in [-0.4, -0.2) is 76.8 Å². The maximum atomic E-state index is 13.8. The number of fused-ring (bicyclic) bond motifs is 2. The van der Waals surface area contributed by atoms with E-state index in [9.17, 15) is 23.3 Å². The molecule has 1 saturated heterocycles. The van der Waals surface area contributed by atoms with Gasteiger partial charge in [-0.05, 0) is 91.1 Å². The number of sulfonamides is 1. The molecule has 57 heavy (non-hydrogen) atoms. The Kier molecular flexibility index (Phi) is 9.45. The fourth-order valence-electron chi connectivity index (χ4n) is 8.44. The molecule has 0 bridgehead atoms. The van der Waals surface area contributed by atoms with Gasteiger partial charge in [0.2, 0.25) is 0 Å². The molecule has 3 N–H and O–H groups in total. The van der Waals surface area contributed by atoms with Crippen molar-refractivity contribution in [2.24, 2.45) is 5.41 Å². The number of anilines is 1. The van der Waals surface area contributed by atoms with Crippen LogP contribution in [0.1, 0.15) is 54.4 Å². The molecule has 1 spiro atoms. The van der Waals surface area contributed by atoms with Gasteiger partial charge < -0.3 is 19.6 Å². The largest absolute Gasteiger partial charge is 0.455 e. The number of amides is 1. The average Bonchev–Trinajstić information content (AvgIpc) is 3.87. The van der Waals surface area contributed by atoms with Crippen LogP contribution < -0.4 is 14.4 Å². The van der Waals surface area contributed by atoms with E-state index in [1.807, 2.05) is 18.2 Å². The lowest BCUT2D eigenvalue weighted by Crippen LogP contribution is -2.47. The predicted octanol–water partition coefficient (Wildman–Crippen LogP) is 7.84. The number of hydrogen-bond donors (Lipinski definition) is 3. The standard InChI is InChI=1S/C41H39ClN8O6S/c42-29-4-2-26(3-5-29)34-22-41(10-1-11-41)12-8-28(34)24-48-14-16-49(17-15-48)30-6-7-33(37(19-30)56-31-18-27-9-13-43-39(27)44-23-31)40(51)47-57(54,55)32-20-35-38(46-25-45-35)36(21-32)50(52)53/h2-7,9,13,18-21,23,25H,1,8,10-12,14-17,22,24H2,(H,43,44)(H,45,46)(H,47,51). The Hall–Kier alpha value is -5.77. The van der Waals surface area contributed by atoms with Crippen molar-refractivity contribution in [1.82, 2.24) is 29.6 Å². The summed E-state index contributed by atoms with van der Waals surface area (Å²) in [5, 5.41) is 13.3. The number of pyridine rings is 1. The monoisotopic (exact) mass is 806 g/mol. The summed E-state index contributed by atoms with van der Waals surface area (Å²) in [5.74, 6) is -0.498. The number of hydrogen-bond acceptors (Lipinski definition) is 10. The first kappa shape index (κ1) is 36.8. The minimum Gasteiger partial charge on any atom is -0.455 e. The average molecular weight is 807 g/mol. The lowest BCUT2D eigenvalue weighted by atomic mass is 9.59. The molecule has 0 radical (unpaired) electrons. The Labute approximate surface area is 333 Å². The van der Waals surface area contributed by atoms with Crippen LogP contribution in [-0.2, 0) is 10.0 Å². The molecule has 14 nitrogen and oxygen atoms in total. The number of non-ortho nitro benzene ring substituents is 1. The zero-order chi connectivity index (χ0) is 39.3. The molecule has 16 heteroatoms. The number of nitro benzene ring substituents is 1. The van der Waals surface area contributed by atoms with Crippen molar-refractivity contribution >= 4 is 66.5 Å². The second-order valence-electron chi connectivity index (χ2n) is 15.2. The number of piperazine rings is 1. The molecule has 2 aliphatic carbocycles. The van der Waals surface area contributed by atoms with Crippen LogP contribution in [0.25, 0.3) is 27.6 Å². The van der Waals surface area contributed by atoms with Crippen molar-refractivity contribution in [1.29, 1.82) is 0 Å². The van der Waals surface area contributed by atoms with Crippen LogP contribution >= 0.6 is 11.6 Å². The first-order chi connectivity index (χ1) is 27.5. The third-order valence-corrected chi connectivity index (χ3v) is 13.3. The van der Waals surface area contributed by atoms with Gasteiger partial charge >= 0.3 is 0 Å². The minimum absolute atomic E-state index is 0.0475. The summed E-state index contributed by atoms with van der Waals surface area (Å²) in [6.07, 6.45) is 11.9. The normalized spacial score (nSPS) is 17.2. The number of carbonyl (C=O) groups excluding carboxylic acids is 1. The number of nitrogens with one attached hydrogen (secondary N) is 3. The van der Waals surface area contributed by atoms with E-state index in [-0.39, 0.29) is 22.3 Å². The molecule has 3 aliphatic rings. The van der Waals surface area contributed by atoms with Gasteiger partial charge in [0.1, 0.15) is 22.7 Å². The third kappa shape index (κ3) is 7.33. The van der Waals surface area contributed by atoms with Crippen LogP contribution in [0.4, 0.5) is 11.4 Å². The number of benzene rings is 3. The van der Waals surface area contributed by atoms with Gasteiger partial charge in [-0.3, -0.25) is 19.8 Å². The van der Waals surface area contributed by atoms with Gasteiger partial charge in [0.25, 0.3) is 21.6 Å². The highest BCUT2D eigenvalue weighted by molar-refractivity contribution is 7.90. The van der Waals surface area contributed by atoms with Crippen molar-refractivity contribution in [3.63, 3.8) is 0 Å². The molecule has 1 amide bonds. The van der Waals surface area contributed by atoms with E-state index in [0.717, 1.165) is 67.7 Å². The number of allylic oxidation sites excluding steroid dienone is 1. The fourth-order valence-corrected chi connectivity index (χ4v) is 9.58. The van der Waals surface area contributed by atoms with Crippen molar-refractivity contribution in [2.45, 2.75) is 43.4 Å². The molecule has 9 rings (SSSR count). The zero-order valence-electron chi connectivity index (χ0n) is 30.8. The molecule has 3 aromatic carbocycles. The van der Waals surface area contributed by atoms with E-state index in [0.29, 0.717) is 16.8 Å². The van der Waals surface area contributed by atoms with E-state index in [2.05, 4.69) is 46.6 Å². The van der Waals surface area contributed by atoms with Crippen LogP contribution in [0.5, 0.6) is 11.5 Å². The van der Waals surface area contributed by atoms with Gasteiger partial charge in [-0.15, -0.1) is 0 Å². The molecule has 0 unspecified atom stereocenters. The summed E-state index contributed by atoms with van der Waals surface area (Å²) in [6, 6.07) is 19.0. The SMILES string of the molecule is O=C(NS(=O)(=O)c1cc([N+](=O)[O-])c2[nH]cnc2c1)c1ccc(N2CCN(CC3=C(c4ccc(Cl)cc4)CC4(CCC4)CC3)CC2)cc1Oc1cnc2[nH]ccc2c1. The van der Waals surface area contributed by atoms with Gasteiger partial charge in [0.15, 0.2) is 0 Å². The highest BCUT2D eigenvalue weighted by Gasteiger charge is 2.41. The summed E-state index contributed by atoms with van der Waals surface area (Å²) in [6.45, 7) is 4.05. The Morgan fingerprint density at radius 1 is 0.982 bits per heavy atom. The van der Waals surface area contributed by atoms with Gasteiger partial charge in [-0.25, -0.2) is 23.1 Å². The number of ether oxygens (including phenoxy) is 1. The van der Waals surface area contributed by atoms with Crippen LogP contribution in [0.15, 0.2) is 95.9 Å². The summed E-state index contributed by atoms with van der Waals surface area (Å²) in [7, 11) is -4.58. The highest BCUT2D eigenvalue weighted by atomic mass is 35.5. The number of aromatic nitrogens is 4. The first-order valence-electron chi connectivity index (χ1n) is 18.9. The molecule has 3 aromatic heterocycles. The molecular weight excluding hydrogens is 768 g/mol. The van der Waals surface area contributed by atoms with Gasteiger partial charge in [0.05, 0.1) is 33.4 Å². The number of H-pyrrole nitrogens is 2. The zero-order valence-corrected chi connectivity index (χ0v) is 32.4. The van der Waals surface area contributed by atoms with Crippen LogP contribution in [0.3, 0.4) is 0 Å². The Bertz CT molecular complexity index is 2680. The van der Waals surface area contributed by atoms with Gasteiger partial charge in [0, 0.05) is 67.1 Å². The minimum atomic E-state index is -4.58. The highest BCUT2D eigenvalue weighted by Crippen LogP contribution is 2.55. The lowest BCUT2D eigenvalue weighted by Gasteiger charge is -2.47. The number of carbonyl (C=O) groups is 1. The van der Waals surface area contributed by atoms with Crippen LogP contribution in [0, 0.1) is 15.5 Å². The second-order valence-corrected chi connectivity index (χ2v) is 17.3. The molecule has 1 saturated carbocycles. The molecule has 2 fully saturated rings. The van der Waals surface area contributed by atoms with Crippen LogP contribution in [0.2, 0.25) is 5.02 Å². The number of nitrogens with zero attached hydrogens (tertiary/aromatic N) is 5. The Balaban J connectivity index is 0.959. The maximum absolute atomic E-state index is 13.8. The van der Waals surface area contributed by atoms with E-state index < -0.39 is 31.4 Å². The van der Waals surface area contributed by atoms with E-state index in [1.54, 1.807) is 24.4 Å². The third-order valence-electron chi connectivity index (χ3n) is 11.7. The topological polar surface area (TPSA) is 179 Å². The van der Waals surface area contributed by atoms with Gasteiger partial charge in [-0.2, -0.15) is 0 Å². The smallest absolute Gasteiger partial charge is 0.296 e. The van der Waals surface area contributed by atoms with Crippen molar-refractivity contribution < 1.29 is 22.9 Å². The molecule has 6 aromatic rings. The first-order valence-corrected chi connectivity index (χ1v) is 20.8. The maximum Gasteiger partial charge on any atom is 0.296 e. The molecule has 4 heterocycles.